The van der Waals surface area contributed by atoms with Gasteiger partial charge >= 0.3 is 0 Å². The number of nitrogens with zero attached hydrogens (tertiary/aromatic N) is 1. The minimum absolute atomic E-state index is 0.00645. The van der Waals surface area contributed by atoms with Gasteiger partial charge in [0.05, 0.1) is 5.56 Å². The molecule has 1 atom stereocenters. The molecule has 0 aliphatic carbocycles. The topological polar surface area (TPSA) is 46.3 Å². The van der Waals surface area contributed by atoms with Gasteiger partial charge < -0.3 is 10.6 Å². The first-order chi connectivity index (χ1) is 8.09. The maximum atomic E-state index is 12.3. The molecule has 1 aliphatic heterocycles. The highest BCUT2D eigenvalue weighted by atomic mass is 35.5. The number of carbonyl (C=O) groups is 1. The molecule has 0 bridgehead atoms. The standard InChI is InChI=1S/C12H15ClN2OS/c1-8-7-17-5-4-15(8)12(16)10-3-2-9(13)6-11(10)14/h2-3,6,8H,4-5,7,14H2,1H3. The highest BCUT2D eigenvalue weighted by molar-refractivity contribution is 7.99. The van der Waals surface area contributed by atoms with Gasteiger partial charge in [-0.2, -0.15) is 11.8 Å². The minimum atomic E-state index is 0.00645. The summed E-state index contributed by atoms with van der Waals surface area (Å²) in [6.45, 7) is 2.85. The molecular formula is C12H15ClN2OS. The van der Waals surface area contributed by atoms with Crippen molar-refractivity contribution in [3.8, 4) is 0 Å². The molecule has 0 radical (unpaired) electrons. The van der Waals surface area contributed by atoms with E-state index in [1.54, 1.807) is 18.2 Å². The molecule has 2 rings (SSSR count). The zero-order valence-electron chi connectivity index (χ0n) is 9.65. The van der Waals surface area contributed by atoms with E-state index >= 15 is 0 Å². The van der Waals surface area contributed by atoms with Crippen molar-refractivity contribution in [1.29, 1.82) is 0 Å². The second kappa shape index (κ2) is 5.19. The molecule has 17 heavy (non-hydrogen) atoms. The summed E-state index contributed by atoms with van der Waals surface area (Å²) in [4.78, 5) is 14.2. The highest BCUT2D eigenvalue weighted by Gasteiger charge is 2.25. The average molecular weight is 271 g/mol. The van der Waals surface area contributed by atoms with Crippen LogP contribution in [0.25, 0.3) is 0 Å². The van der Waals surface area contributed by atoms with Crippen LogP contribution in [-0.4, -0.2) is 34.9 Å². The first kappa shape index (κ1) is 12.6. The van der Waals surface area contributed by atoms with Gasteiger partial charge in [-0.1, -0.05) is 11.6 Å². The Bertz CT molecular complexity index is 439. The fourth-order valence-electron chi connectivity index (χ4n) is 1.91. The maximum absolute atomic E-state index is 12.3. The second-order valence-corrected chi connectivity index (χ2v) is 5.74. The average Bonchev–Trinajstić information content (AvgIpc) is 2.29. The number of nitrogen functional groups attached to an aromatic ring is 1. The van der Waals surface area contributed by atoms with Crippen LogP contribution in [0.5, 0.6) is 0 Å². The van der Waals surface area contributed by atoms with Crippen molar-refractivity contribution >= 4 is 35.0 Å². The SMILES string of the molecule is CC1CSCCN1C(=O)c1ccc(Cl)cc1N. The van der Waals surface area contributed by atoms with Crippen LogP contribution in [0.3, 0.4) is 0 Å². The number of rotatable bonds is 1. The van der Waals surface area contributed by atoms with E-state index < -0.39 is 0 Å². The van der Waals surface area contributed by atoms with E-state index in [1.165, 1.54) is 0 Å². The predicted molar refractivity (Wildman–Crippen MR) is 73.7 cm³/mol. The van der Waals surface area contributed by atoms with Crippen LogP contribution in [0.4, 0.5) is 5.69 Å². The van der Waals surface area contributed by atoms with Gasteiger partial charge in [0.25, 0.3) is 5.91 Å². The van der Waals surface area contributed by atoms with E-state index in [9.17, 15) is 4.79 Å². The third-order valence-electron chi connectivity index (χ3n) is 2.87. The van der Waals surface area contributed by atoms with Crippen molar-refractivity contribution in [2.75, 3.05) is 23.8 Å². The quantitative estimate of drug-likeness (QED) is 0.798. The van der Waals surface area contributed by atoms with Crippen molar-refractivity contribution in [3.63, 3.8) is 0 Å². The van der Waals surface area contributed by atoms with Crippen LogP contribution in [-0.2, 0) is 0 Å². The molecule has 92 valence electrons. The van der Waals surface area contributed by atoms with Gasteiger partial charge in [0, 0.05) is 34.8 Å². The van der Waals surface area contributed by atoms with Crippen LogP contribution in [0, 0.1) is 0 Å². The predicted octanol–water partition coefficient (Wildman–Crippen LogP) is 2.50. The summed E-state index contributed by atoms with van der Waals surface area (Å²) in [5, 5.41) is 0.557. The Labute approximate surface area is 110 Å². The van der Waals surface area contributed by atoms with E-state index in [-0.39, 0.29) is 11.9 Å². The molecule has 1 aromatic carbocycles. The van der Waals surface area contributed by atoms with E-state index in [0.717, 1.165) is 18.1 Å². The zero-order chi connectivity index (χ0) is 12.4. The summed E-state index contributed by atoms with van der Waals surface area (Å²) in [5.74, 6) is 1.98. The van der Waals surface area contributed by atoms with Gasteiger partial charge in [0.2, 0.25) is 0 Å². The van der Waals surface area contributed by atoms with E-state index in [2.05, 4.69) is 6.92 Å². The summed E-state index contributed by atoms with van der Waals surface area (Å²) >= 11 is 7.71. The van der Waals surface area contributed by atoms with E-state index in [4.69, 9.17) is 17.3 Å². The zero-order valence-corrected chi connectivity index (χ0v) is 11.2. The molecule has 3 nitrogen and oxygen atoms in total. The first-order valence-corrected chi connectivity index (χ1v) is 7.06. The second-order valence-electron chi connectivity index (χ2n) is 4.15. The normalized spacial score (nSPS) is 20.4. The molecule has 1 saturated heterocycles. The number of thioether (sulfide) groups is 1. The van der Waals surface area contributed by atoms with E-state index in [0.29, 0.717) is 16.3 Å². The third kappa shape index (κ3) is 2.69. The van der Waals surface area contributed by atoms with E-state index in [1.807, 2.05) is 16.7 Å². The fraction of sp³-hybridized carbons (Fsp3) is 0.417. The largest absolute Gasteiger partial charge is 0.398 e. The Kier molecular flexibility index (Phi) is 3.84. The number of amides is 1. The van der Waals surface area contributed by atoms with Gasteiger partial charge in [-0.15, -0.1) is 0 Å². The molecule has 1 aliphatic rings. The number of hydrogen-bond acceptors (Lipinski definition) is 3. The first-order valence-electron chi connectivity index (χ1n) is 5.53. The van der Waals surface area contributed by atoms with Gasteiger partial charge in [-0.25, -0.2) is 0 Å². The smallest absolute Gasteiger partial charge is 0.256 e. The molecule has 1 fully saturated rings. The van der Waals surface area contributed by atoms with Crippen molar-refractivity contribution in [3.05, 3.63) is 28.8 Å². The Morgan fingerprint density at radius 3 is 3.00 bits per heavy atom. The monoisotopic (exact) mass is 270 g/mol. The number of carbonyl (C=O) groups excluding carboxylic acids is 1. The van der Waals surface area contributed by atoms with Crippen molar-refractivity contribution in [2.45, 2.75) is 13.0 Å². The van der Waals surface area contributed by atoms with Crippen molar-refractivity contribution in [1.82, 2.24) is 4.90 Å². The third-order valence-corrected chi connectivity index (χ3v) is 4.30. The molecule has 2 N–H and O–H groups in total. The van der Waals surface area contributed by atoms with Crippen LogP contribution in [0.2, 0.25) is 5.02 Å². The molecular weight excluding hydrogens is 256 g/mol. The molecule has 0 spiro atoms. The lowest BCUT2D eigenvalue weighted by molar-refractivity contribution is 0.0717. The highest BCUT2D eigenvalue weighted by Crippen LogP contribution is 2.23. The van der Waals surface area contributed by atoms with Crippen molar-refractivity contribution < 1.29 is 4.79 Å². The number of benzene rings is 1. The Balaban J connectivity index is 2.24. The van der Waals surface area contributed by atoms with Gasteiger partial charge in [0.1, 0.15) is 0 Å². The van der Waals surface area contributed by atoms with Gasteiger partial charge in [-0.3, -0.25) is 4.79 Å². The molecule has 0 saturated carbocycles. The van der Waals surface area contributed by atoms with Crippen LogP contribution >= 0.6 is 23.4 Å². The minimum Gasteiger partial charge on any atom is -0.398 e. The summed E-state index contributed by atoms with van der Waals surface area (Å²) in [5.41, 5.74) is 6.84. The Hall–Kier alpha value is -0.870. The molecule has 1 amide bonds. The van der Waals surface area contributed by atoms with Gasteiger partial charge in [-0.05, 0) is 25.1 Å². The van der Waals surface area contributed by atoms with Crippen LogP contribution < -0.4 is 5.73 Å². The van der Waals surface area contributed by atoms with Gasteiger partial charge in [0.15, 0.2) is 0 Å². The number of nitrogens with two attached hydrogens (primary N) is 1. The number of halogens is 1. The molecule has 1 unspecified atom stereocenters. The molecule has 0 aromatic heterocycles. The summed E-state index contributed by atoms with van der Waals surface area (Å²) in [7, 11) is 0. The molecule has 1 aromatic rings. The molecule has 1 heterocycles. The Morgan fingerprint density at radius 1 is 1.59 bits per heavy atom. The maximum Gasteiger partial charge on any atom is 0.256 e. The number of hydrogen-bond donors (Lipinski definition) is 1. The lowest BCUT2D eigenvalue weighted by Gasteiger charge is -2.33. The lowest BCUT2D eigenvalue weighted by atomic mass is 10.1. The molecule has 5 heteroatoms. The lowest BCUT2D eigenvalue weighted by Crippen LogP contribution is -2.44. The summed E-state index contributed by atoms with van der Waals surface area (Å²) in [6.07, 6.45) is 0. The summed E-state index contributed by atoms with van der Waals surface area (Å²) < 4.78 is 0. The number of anilines is 1. The fourth-order valence-corrected chi connectivity index (χ4v) is 3.11. The summed E-state index contributed by atoms with van der Waals surface area (Å²) in [6, 6.07) is 5.29. The van der Waals surface area contributed by atoms with Crippen LogP contribution in [0.1, 0.15) is 17.3 Å². The van der Waals surface area contributed by atoms with Crippen molar-refractivity contribution in [2.24, 2.45) is 0 Å². The Morgan fingerprint density at radius 2 is 2.35 bits per heavy atom. The van der Waals surface area contributed by atoms with Crippen LogP contribution in [0.15, 0.2) is 18.2 Å².